The van der Waals surface area contributed by atoms with Crippen molar-refractivity contribution in [2.24, 2.45) is 7.05 Å². The Morgan fingerprint density at radius 1 is 1.45 bits per heavy atom. The van der Waals surface area contributed by atoms with Crippen LogP contribution in [0.25, 0.3) is 10.2 Å². The molecular formula is C13H12N4O4S. The summed E-state index contributed by atoms with van der Waals surface area (Å²) in [5, 5.41) is 7.91. The summed E-state index contributed by atoms with van der Waals surface area (Å²) in [6.07, 6.45) is 0. The first-order chi connectivity index (χ1) is 10.5. The first-order valence-electron chi connectivity index (χ1n) is 6.37. The van der Waals surface area contributed by atoms with E-state index in [9.17, 15) is 14.4 Å². The molecule has 0 radical (unpaired) electrons. The van der Waals surface area contributed by atoms with Gasteiger partial charge in [0.05, 0.1) is 5.52 Å². The van der Waals surface area contributed by atoms with Gasteiger partial charge in [-0.1, -0.05) is 5.16 Å². The van der Waals surface area contributed by atoms with Crippen molar-refractivity contribution < 1.29 is 9.32 Å². The number of anilines is 1. The topological polar surface area (TPSA) is 99.1 Å². The van der Waals surface area contributed by atoms with Crippen LogP contribution in [0.2, 0.25) is 0 Å². The quantitative estimate of drug-likeness (QED) is 0.765. The standard InChI is InChI=1S/C13H12N4O4S/c1-7-5-9(15-21-7)14-10(18)6-17-8-3-4-22-11(8)12(19)16(2)13(17)20/h3-5H,6H2,1-2H3,(H,14,15,18). The summed E-state index contributed by atoms with van der Waals surface area (Å²) in [5.41, 5.74) is -0.453. The van der Waals surface area contributed by atoms with Crippen LogP contribution in [-0.2, 0) is 18.4 Å². The number of carbonyl (C=O) groups is 1. The third-order valence-electron chi connectivity index (χ3n) is 3.15. The molecule has 1 N–H and O–H groups in total. The van der Waals surface area contributed by atoms with Gasteiger partial charge in [-0.15, -0.1) is 11.3 Å². The fraction of sp³-hybridized carbons (Fsp3) is 0.231. The van der Waals surface area contributed by atoms with Gasteiger partial charge < -0.3 is 9.84 Å². The molecule has 0 fully saturated rings. The second kappa shape index (κ2) is 5.26. The summed E-state index contributed by atoms with van der Waals surface area (Å²) in [6.45, 7) is 1.49. The van der Waals surface area contributed by atoms with Crippen LogP contribution in [0.3, 0.4) is 0 Å². The van der Waals surface area contributed by atoms with Gasteiger partial charge in [0, 0.05) is 13.1 Å². The molecule has 1 amide bonds. The molecule has 9 heteroatoms. The molecule has 3 aromatic rings. The summed E-state index contributed by atoms with van der Waals surface area (Å²) in [5.74, 6) is 0.415. The Morgan fingerprint density at radius 3 is 2.91 bits per heavy atom. The highest BCUT2D eigenvalue weighted by molar-refractivity contribution is 7.17. The molecule has 0 aliphatic heterocycles. The molecular weight excluding hydrogens is 308 g/mol. The van der Waals surface area contributed by atoms with Crippen LogP contribution in [0.5, 0.6) is 0 Å². The lowest BCUT2D eigenvalue weighted by Crippen LogP contribution is -2.39. The van der Waals surface area contributed by atoms with Crippen molar-refractivity contribution in [3.8, 4) is 0 Å². The average Bonchev–Trinajstić information content (AvgIpc) is 3.10. The lowest BCUT2D eigenvalue weighted by Gasteiger charge is -2.08. The van der Waals surface area contributed by atoms with E-state index in [-0.39, 0.29) is 17.9 Å². The van der Waals surface area contributed by atoms with Gasteiger partial charge in [0.15, 0.2) is 5.82 Å². The number of aromatic nitrogens is 3. The van der Waals surface area contributed by atoms with Crippen molar-refractivity contribution in [2.45, 2.75) is 13.5 Å². The molecule has 0 aliphatic rings. The Balaban J connectivity index is 1.97. The van der Waals surface area contributed by atoms with Crippen molar-refractivity contribution in [3.05, 3.63) is 44.1 Å². The fourth-order valence-electron chi connectivity index (χ4n) is 2.10. The van der Waals surface area contributed by atoms with E-state index < -0.39 is 11.6 Å². The van der Waals surface area contributed by atoms with Crippen LogP contribution in [0.15, 0.2) is 31.6 Å². The highest BCUT2D eigenvalue weighted by Gasteiger charge is 2.15. The average molecular weight is 320 g/mol. The molecule has 0 saturated carbocycles. The number of hydrogen-bond donors (Lipinski definition) is 1. The SMILES string of the molecule is Cc1cc(NC(=O)Cn2c(=O)n(C)c(=O)c3sccc32)no1. The first kappa shape index (κ1) is 14.3. The largest absolute Gasteiger partial charge is 0.360 e. The summed E-state index contributed by atoms with van der Waals surface area (Å²) in [4.78, 5) is 36.3. The fourth-order valence-corrected chi connectivity index (χ4v) is 2.97. The van der Waals surface area contributed by atoms with Gasteiger partial charge in [0.25, 0.3) is 5.56 Å². The summed E-state index contributed by atoms with van der Waals surface area (Å²) in [6, 6.07) is 3.22. The first-order valence-corrected chi connectivity index (χ1v) is 7.25. The molecule has 0 aliphatic carbocycles. The van der Waals surface area contributed by atoms with E-state index in [2.05, 4.69) is 10.5 Å². The van der Waals surface area contributed by atoms with Gasteiger partial charge in [-0.3, -0.25) is 18.7 Å². The second-order valence-corrected chi connectivity index (χ2v) is 5.65. The van der Waals surface area contributed by atoms with Gasteiger partial charge >= 0.3 is 5.69 Å². The van der Waals surface area contributed by atoms with E-state index >= 15 is 0 Å². The lowest BCUT2D eigenvalue weighted by atomic mass is 10.4. The number of carbonyl (C=O) groups excluding carboxylic acids is 1. The van der Waals surface area contributed by atoms with Gasteiger partial charge in [0.2, 0.25) is 5.91 Å². The zero-order chi connectivity index (χ0) is 15.9. The molecule has 3 aromatic heterocycles. The lowest BCUT2D eigenvalue weighted by molar-refractivity contribution is -0.116. The number of amides is 1. The van der Waals surface area contributed by atoms with Crippen LogP contribution in [0.4, 0.5) is 5.82 Å². The molecule has 0 unspecified atom stereocenters. The van der Waals surface area contributed by atoms with E-state index in [1.807, 2.05) is 0 Å². The number of thiophene rings is 1. The number of fused-ring (bicyclic) bond motifs is 1. The predicted molar refractivity (Wildman–Crippen MR) is 81.2 cm³/mol. The van der Waals surface area contributed by atoms with Crippen LogP contribution >= 0.6 is 11.3 Å². The van der Waals surface area contributed by atoms with E-state index in [0.29, 0.717) is 16.0 Å². The Hall–Kier alpha value is -2.68. The van der Waals surface area contributed by atoms with Crippen LogP contribution in [0, 0.1) is 6.92 Å². The summed E-state index contributed by atoms with van der Waals surface area (Å²) in [7, 11) is 1.39. The summed E-state index contributed by atoms with van der Waals surface area (Å²) < 4.78 is 7.54. The van der Waals surface area contributed by atoms with Crippen LogP contribution in [-0.4, -0.2) is 20.2 Å². The maximum atomic E-state index is 12.2. The van der Waals surface area contributed by atoms with E-state index in [0.717, 1.165) is 4.57 Å². The van der Waals surface area contributed by atoms with Gasteiger partial charge in [-0.25, -0.2) is 4.79 Å². The molecule has 0 spiro atoms. The van der Waals surface area contributed by atoms with Crippen molar-refractivity contribution in [3.63, 3.8) is 0 Å². The normalized spacial score (nSPS) is 11.0. The van der Waals surface area contributed by atoms with Gasteiger partial charge in [0.1, 0.15) is 17.0 Å². The molecule has 0 atom stereocenters. The number of hydrogen-bond acceptors (Lipinski definition) is 6. The molecule has 0 bridgehead atoms. The highest BCUT2D eigenvalue weighted by Crippen LogP contribution is 2.15. The maximum absolute atomic E-state index is 12.2. The molecule has 3 rings (SSSR count). The summed E-state index contributed by atoms with van der Waals surface area (Å²) >= 11 is 1.23. The Morgan fingerprint density at radius 2 is 2.23 bits per heavy atom. The minimum Gasteiger partial charge on any atom is -0.360 e. The minimum absolute atomic E-state index is 0.216. The van der Waals surface area contributed by atoms with Gasteiger partial charge in [-0.05, 0) is 18.4 Å². The van der Waals surface area contributed by atoms with E-state index in [1.165, 1.54) is 23.0 Å². The number of nitrogens with zero attached hydrogens (tertiary/aromatic N) is 3. The molecule has 0 saturated heterocycles. The minimum atomic E-state index is -0.539. The zero-order valence-electron chi connectivity index (χ0n) is 11.8. The third kappa shape index (κ3) is 2.35. The molecule has 3 heterocycles. The van der Waals surface area contributed by atoms with Crippen molar-refractivity contribution in [1.82, 2.24) is 14.3 Å². The number of rotatable bonds is 3. The third-order valence-corrected chi connectivity index (χ3v) is 4.04. The van der Waals surface area contributed by atoms with Crippen molar-refractivity contribution >= 4 is 33.3 Å². The molecule has 22 heavy (non-hydrogen) atoms. The number of aryl methyl sites for hydroxylation is 1. The van der Waals surface area contributed by atoms with E-state index in [1.54, 1.807) is 24.4 Å². The Bertz CT molecular complexity index is 978. The number of nitrogens with one attached hydrogen (secondary N) is 1. The van der Waals surface area contributed by atoms with Crippen molar-refractivity contribution in [1.29, 1.82) is 0 Å². The Kier molecular flexibility index (Phi) is 3.41. The Labute approximate surface area is 127 Å². The molecule has 0 aromatic carbocycles. The molecule has 8 nitrogen and oxygen atoms in total. The monoisotopic (exact) mass is 320 g/mol. The van der Waals surface area contributed by atoms with Crippen LogP contribution < -0.4 is 16.6 Å². The maximum Gasteiger partial charge on any atom is 0.331 e. The van der Waals surface area contributed by atoms with Crippen molar-refractivity contribution in [2.75, 3.05) is 5.32 Å². The van der Waals surface area contributed by atoms with Crippen LogP contribution in [0.1, 0.15) is 5.76 Å². The predicted octanol–water partition coefficient (Wildman–Crippen LogP) is 0.697. The second-order valence-electron chi connectivity index (χ2n) is 4.74. The molecule has 114 valence electrons. The van der Waals surface area contributed by atoms with E-state index in [4.69, 9.17) is 4.52 Å². The van der Waals surface area contributed by atoms with Gasteiger partial charge in [-0.2, -0.15) is 0 Å². The zero-order valence-corrected chi connectivity index (χ0v) is 12.6. The smallest absolute Gasteiger partial charge is 0.331 e. The highest BCUT2D eigenvalue weighted by atomic mass is 32.1.